The van der Waals surface area contributed by atoms with Gasteiger partial charge in [0.1, 0.15) is 11.4 Å². The van der Waals surface area contributed by atoms with E-state index in [-0.39, 0.29) is 46.6 Å². The number of likely N-dealkylation sites (tertiary alicyclic amines) is 1. The van der Waals surface area contributed by atoms with Crippen molar-refractivity contribution in [1.29, 1.82) is 5.26 Å². The molecule has 1 saturated heterocycles. The fourth-order valence-corrected chi connectivity index (χ4v) is 5.93. The van der Waals surface area contributed by atoms with Gasteiger partial charge in [0, 0.05) is 36.5 Å². The summed E-state index contributed by atoms with van der Waals surface area (Å²) < 4.78 is 34.5. The van der Waals surface area contributed by atoms with Gasteiger partial charge in [0.15, 0.2) is 0 Å². The molecule has 1 aliphatic heterocycles. The number of hydrogen-bond acceptors (Lipinski definition) is 7. The topological polar surface area (TPSA) is 129 Å². The highest BCUT2D eigenvalue weighted by atomic mass is 19.3. The van der Waals surface area contributed by atoms with E-state index in [1.807, 2.05) is 12.3 Å². The van der Waals surface area contributed by atoms with Crippen LogP contribution in [0.4, 0.5) is 14.6 Å². The van der Waals surface area contributed by atoms with Crippen LogP contribution in [0.15, 0.2) is 47.4 Å². The van der Waals surface area contributed by atoms with Gasteiger partial charge >= 0.3 is 0 Å². The second-order valence-electron chi connectivity index (χ2n) is 12.4. The molecule has 240 valence electrons. The smallest absolute Gasteiger partial charge is 0.282 e. The van der Waals surface area contributed by atoms with Crippen molar-refractivity contribution < 1.29 is 23.1 Å². The maximum atomic E-state index is 13.7. The third-order valence-corrected chi connectivity index (χ3v) is 8.93. The molecule has 3 fully saturated rings. The van der Waals surface area contributed by atoms with E-state index in [0.717, 1.165) is 23.3 Å². The summed E-state index contributed by atoms with van der Waals surface area (Å²) in [6.07, 6.45) is 7.22. The number of hydrogen-bond donors (Lipinski definition) is 2. The Morgan fingerprint density at radius 2 is 1.89 bits per heavy atom. The Hall–Kier alpha value is -4.63. The predicted molar refractivity (Wildman–Crippen MR) is 167 cm³/mol. The number of benzene rings is 1. The van der Waals surface area contributed by atoms with Crippen LogP contribution in [0.1, 0.15) is 83.8 Å². The van der Waals surface area contributed by atoms with Gasteiger partial charge in [-0.05, 0) is 86.4 Å². The van der Waals surface area contributed by atoms with Crippen LogP contribution in [0, 0.1) is 17.2 Å². The molecule has 10 nitrogen and oxygen atoms in total. The first-order valence-electron chi connectivity index (χ1n) is 15.7. The number of halogens is 2. The third kappa shape index (κ3) is 6.65. The van der Waals surface area contributed by atoms with Crippen LogP contribution in [-0.2, 0) is 6.54 Å². The molecule has 0 unspecified atom stereocenters. The lowest BCUT2D eigenvalue weighted by atomic mass is 9.80. The molecule has 3 aliphatic rings. The second kappa shape index (κ2) is 12.6. The monoisotopic (exact) mass is 630 g/mol. The lowest BCUT2D eigenvalue weighted by Gasteiger charge is -2.39. The maximum absolute atomic E-state index is 13.7. The van der Waals surface area contributed by atoms with E-state index < -0.39 is 30.8 Å². The van der Waals surface area contributed by atoms with Gasteiger partial charge in [0.25, 0.3) is 23.3 Å². The highest BCUT2D eigenvalue weighted by molar-refractivity contribution is 6.05. The molecular weight excluding hydrogens is 594 g/mol. The number of nitriles is 1. The number of aromatic nitrogens is 2. The Labute approximate surface area is 265 Å². The van der Waals surface area contributed by atoms with Crippen LogP contribution in [0.3, 0.4) is 0 Å². The van der Waals surface area contributed by atoms with E-state index >= 15 is 0 Å². The first kappa shape index (κ1) is 31.4. The van der Waals surface area contributed by atoms with Crippen molar-refractivity contribution in [3.63, 3.8) is 0 Å². The van der Waals surface area contributed by atoms with Crippen LogP contribution in [0.25, 0.3) is 11.1 Å². The molecule has 0 bridgehead atoms. The molecular formula is C34H36F2N6O4. The Bertz CT molecular complexity index is 1770. The molecule has 0 spiro atoms. The Balaban J connectivity index is 1.31. The van der Waals surface area contributed by atoms with Crippen LogP contribution in [-0.4, -0.2) is 57.9 Å². The van der Waals surface area contributed by atoms with Crippen LogP contribution >= 0.6 is 0 Å². The number of pyridine rings is 2. The highest BCUT2D eigenvalue weighted by Gasteiger charge is 2.46. The number of alkyl halides is 2. The van der Waals surface area contributed by atoms with Gasteiger partial charge < -0.3 is 24.8 Å². The first-order chi connectivity index (χ1) is 22.0. The third-order valence-electron chi connectivity index (χ3n) is 8.93. The van der Waals surface area contributed by atoms with Crippen molar-refractivity contribution in [3.8, 4) is 23.1 Å². The van der Waals surface area contributed by atoms with Gasteiger partial charge in [-0.15, -0.1) is 0 Å². The summed E-state index contributed by atoms with van der Waals surface area (Å²) >= 11 is 0. The van der Waals surface area contributed by atoms with Gasteiger partial charge in [0.2, 0.25) is 5.88 Å². The minimum absolute atomic E-state index is 0.0133. The summed E-state index contributed by atoms with van der Waals surface area (Å²) in [5.41, 5.74) is 1.44. The predicted octanol–water partition coefficient (Wildman–Crippen LogP) is 5.14. The minimum atomic E-state index is -2.96. The summed E-state index contributed by atoms with van der Waals surface area (Å²) in [5, 5.41) is 15.7. The summed E-state index contributed by atoms with van der Waals surface area (Å²) in [4.78, 5) is 45.8. The van der Waals surface area contributed by atoms with E-state index in [1.165, 1.54) is 37.5 Å². The van der Waals surface area contributed by atoms with Gasteiger partial charge in [-0.3, -0.25) is 14.4 Å². The average molecular weight is 631 g/mol. The van der Waals surface area contributed by atoms with E-state index in [9.17, 15) is 28.4 Å². The quantitative estimate of drug-likeness (QED) is 0.300. The molecule has 46 heavy (non-hydrogen) atoms. The van der Waals surface area contributed by atoms with E-state index in [2.05, 4.69) is 22.5 Å². The van der Waals surface area contributed by atoms with Gasteiger partial charge in [0.05, 0.1) is 31.3 Å². The van der Waals surface area contributed by atoms with Gasteiger partial charge in [-0.1, -0.05) is 12.5 Å². The van der Waals surface area contributed by atoms with E-state index in [4.69, 9.17) is 4.74 Å². The van der Waals surface area contributed by atoms with Crippen LogP contribution in [0.2, 0.25) is 0 Å². The Kier molecular flexibility index (Phi) is 8.61. The highest BCUT2D eigenvalue weighted by Crippen LogP contribution is 2.35. The van der Waals surface area contributed by atoms with Gasteiger partial charge in [-0.25, -0.2) is 8.78 Å². The minimum Gasteiger partial charge on any atom is -0.478 e. The summed E-state index contributed by atoms with van der Waals surface area (Å²) in [6.45, 7) is 3.28. The lowest BCUT2D eigenvalue weighted by molar-refractivity contribution is -0.113. The average Bonchev–Trinajstić information content (AvgIpc) is 3.83. The van der Waals surface area contributed by atoms with E-state index in [1.54, 1.807) is 29.7 Å². The molecule has 6 rings (SSSR count). The fourth-order valence-electron chi connectivity index (χ4n) is 5.93. The molecule has 0 radical (unpaired) electrons. The number of nitrogens with one attached hydrogen (secondary N) is 2. The molecule has 3 aromatic rings. The molecule has 2 amide bonds. The first-order valence-corrected chi connectivity index (χ1v) is 15.7. The van der Waals surface area contributed by atoms with Crippen molar-refractivity contribution in [2.24, 2.45) is 5.92 Å². The normalized spacial score (nSPS) is 17.8. The maximum Gasteiger partial charge on any atom is 0.282 e. The summed E-state index contributed by atoms with van der Waals surface area (Å²) in [5.74, 6) is -3.39. The molecule has 2 N–H and O–H groups in total. The van der Waals surface area contributed by atoms with Crippen molar-refractivity contribution in [2.45, 2.75) is 70.5 Å². The summed E-state index contributed by atoms with van der Waals surface area (Å²) in [7, 11) is 0. The van der Waals surface area contributed by atoms with Gasteiger partial charge in [-0.2, -0.15) is 10.2 Å². The zero-order chi connectivity index (χ0) is 32.6. The molecule has 2 saturated carbocycles. The molecule has 3 heterocycles. The van der Waals surface area contributed by atoms with Crippen molar-refractivity contribution >= 4 is 17.6 Å². The number of rotatable bonds is 11. The zero-order valence-electron chi connectivity index (χ0n) is 25.8. The number of carbonyl (C=O) groups is 2. The molecule has 2 aromatic heterocycles. The van der Waals surface area contributed by atoms with Crippen molar-refractivity contribution in [2.75, 3.05) is 25.0 Å². The second-order valence-corrected chi connectivity index (χ2v) is 12.4. The Morgan fingerprint density at radius 3 is 2.52 bits per heavy atom. The SMILES string of the molecule is CCOc1cc(-c2ccc(C#N)cc2C(=O)N2CC(F)(F)C2)cc(NC(=O)c2cc(CN[C@@H](C)C3CCC3)cn(C3CC3)c2=O)n1. The van der Waals surface area contributed by atoms with E-state index in [0.29, 0.717) is 29.6 Å². The molecule has 1 aromatic carbocycles. The van der Waals surface area contributed by atoms with Crippen LogP contribution in [0.5, 0.6) is 5.88 Å². The number of amides is 2. The molecule has 12 heteroatoms. The number of carbonyl (C=O) groups excluding carboxylic acids is 2. The molecule has 1 atom stereocenters. The number of ether oxygens (including phenoxy) is 1. The number of nitrogens with zero attached hydrogens (tertiary/aromatic N) is 4. The largest absolute Gasteiger partial charge is 0.478 e. The van der Waals surface area contributed by atoms with Crippen molar-refractivity contribution in [1.82, 2.24) is 19.8 Å². The van der Waals surface area contributed by atoms with Crippen LogP contribution < -0.4 is 20.9 Å². The fraction of sp³-hybridized carbons (Fsp3) is 0.441. The summed E-state index contributed by atoms with van der Waals surface area (Å²) in [6, 6.07) is 11.5. The molecule has 2 aliphatic carbocycles. The zero-order valence-corrected chi connectivity index (χ0v) is 25.8. The Morgan fingerprint density at radius 1 is 1.13 bits per heavy atom. The van der Waals surface area contributed by atoms with Crippen molar-refractivity contribution in [3.05, 3.63) is 75.2 Å². The lowest BCUT2D eigenvalue weighted by Crippen LogP contribution is -2.58. The standard InChI is InChI=1S/C34H36F2N6O4/c1-3-46-30-14-24(26-10-7-21(15-37)11-27(26)32(44)41-18-34(35,36)19-41)13-29(39-30)40-31(43)28-12-22(16-38-20(2)23-5-4-6-23)17-42(33(28)45)25-8-9-25/h7,10-14,17,20,23,25,38H,3-6,8-9,16,18-19H2,1-2H3,(H,39,40,43)/t20-/m0/s1. The number of anilines is 1.